The molecular formula is C24H23ClN2O5. The van der Waals surface area contributed by atoms with E-state index >= 15 is 0 Å². The molecule has 166 valence electrons. The fraction of sp³-hybridized carbons (Fsp3) is 0.250. The Morgan fingerprint density at radius 2 is 1.91 bits per heavy atom. The SMILES string of the molecule is C#CCOC(C(=O)Nc1onc(-c2ccc(OC)c(OC)c2)c1CC)c1ccc(Cl)cc1. The molecule has 0 radical (unpaired) electrons. The molecule has 0 saturated carbocycles. The van der Waals surface area contributed by atoms with E-state index in [4.69, 9.17) is 36.8 Å². The van der Waals surface area contributed by atoms with Gasteiger partial charge in [-0.2, -0.15) is 0 Å². The zero-order chi connectivity index (χ0) is 23.1. The van der Waals surface area contributed by atoms with Gasteiger partial charge in [-0.3, -0.25) is 10.1 Å². The third-order valence-electron chi connectivity index (χ3n) is 4.78. The summed E-state index contributed by atoms with van der Waals surface area (Å²) in [5.74, 6) is 3.34. The van der Waals surface area contributed by atoms with Gasteiger partial charge in [0.25, 0.3) is 5.91 Å². The molecule has 0 fully saturated rings. The zero-order valence-corrected chi connectivity index (χ0v) is 18.7. The summed E-state index contributed by atoms with van der Waals surface area (Å²) in [6.07, 6.45) is 4.94. The van der Waals surface area contributed by atoms with Crippen molar-refractivity contribution in [3.8, 4) is 35.1 Å². The zero-order valence-electron chi connectivity index (χ0n) is 18.0. The van der Waals surface area contributed by atoms with Crippen molar-refractivity contribution in [1.82, 2.24) is 5.16 Å². The van der Waals surface area contributed by atoms with Gasteiger partial charge >= 0.3 is 0 Å². The number of benzene rings is 2. The Labute approximate surface area is 191 Å². The van der Waals surface area contributed by atoms with E-state index in [1.165, 1.54) is 0 Å². The van der Waals surface area contributed by atoms with E-state index in [0.29, 0.717) is 34.2 Å². The molecular weight excluding hydrogens is 432 g/mol. The summed E-state index contributed by atoms with van der Waals surface area (Å²) in [6.45, 7) is 1.91. The molecule has 32 heavy (non-hydrogen) atoms. The summed E-state index contributed by atoms with van der Waals surface area (Å²) in [4.78, 5) is 13.0. The molecule has 0 aliphatic heterocycles. The third-order valence-corrected chi connectivity index (χ3v) is 5.03. The summed E-state index contributed by atoms with van der Waals surface area (Å²) >= 11 is 5.96. The van der Waals surface area contributed by atoms with Crippen molar-refractivity contribution in [2.45, 2.75) is 19.4 Å². The van der Waals surface area contributed by atoms with Crippen LogP contribution < -0.4 is 14.8 Å². The Hall–Kier alpha value is -3.47. The van der Waals surface area contributed by atoms with E-state index in [9.17, 15) is 4.79 Å². The second kappa shape index (κ2) is 10.7. The van der Waals surface area contributed by atoms with Crippen LogP contribution in [0.3, 0.4) is 0 Å². The molecule has 1 amide bonds. The summed E-state index contributed by atoms with van der Waals surface area (Å²) in [7, 11) is 3.13. The van der Waals surface area contributed by atoms with Crippen LogP contribution in [0.4, 0.5) is 5.88 Å². The number of methoxy groups -OCH3 is 2. The highest BCUT2D eigenvalue weighted by Gasteiger charge is 2.25. The van der Waals surface area contributed by atoms with Crippen molar-refractivity contribution in [2.24, 2.45) is 0 Å². The number of amides is 1. The molecule has 1 N–H and O–H groups in total. The summed E-state index contributed by atoms with van der Waals surface area (Å²) in [5, 5.41) is 7.49. The number of aromatic nitrogens is 1. The normalized spacial score (nSPS) is 11.5. The highest BCUT2D eigenvalue weighted by atomic mass is 35.5. The molecule has 3 aromatic rings. The first-order valence-electron chi connectivity index (χ1n) is 9.84. The minimum atomic E-state index is -0.942. The maximum absolute atomic E-state index is 13.0. The number of anilines is 1. The molecule has 0 saturated heterocycles. The molecule has 8 heteroatoms. The maximum Gasteiger partial charge on any atom is 0.260 e. The van der Waals surface area contributed by atoms with Gasteiger partial charge in [-0.05, 0) is 42.3 Å². The molecule has 1 atom stereocenters. The highest BCUT2D eigenvalue weighted by molar-refractivity contribution is 6.30. The Morgan fingerprint density at radius 1 is 1.19 bits per heavy atom. The van der Waals surface area contributed by atoms with Gasteiger partial charge in [-0.25, -0.2) is 0 Å². The predicted octanol–water partition coefficient (Wildman–Crippen LogP) is 4.90. The van der Waals surface area contributed by atoms with Crippen LogP contribution in [0.1, 0.15) is 24.2 Å². The van der Waals surface area contributed by atoms with E-state index in [-0.39, 0.29) is 12.5 Å². The quantitative estimate of drug-likeness (QED) is 0.463. The van der Waals surface area contributed by atoms with Crippen LogP contribution in [0.5, 0.6) is 11.5 Å². The summed E-state index contributed by atoms with van der Waals surface area (Å²) in [6, 6.07) is 12.2. The summed E-state index contributed by atoms with van der Waals surface area (Å²) < 4.78 is 21.7. The Balaban J connectivity index is 1.90. The topological polar surface area (TPSA) is 82.8 Å². The van der Waals surface area contributed by atoms with Crippen LogP contribution in [0.2, 0.25) is 5.02 Å². The molecule has 7 nitrogen and oxygen atoms in total. The number of hydrogen-bond donors (Lipinski definition) is 1. The number of ether oxygens (including phenoxy) is 3. The average Bonchev–Trinajstić information content (AvgIpc) is 3.22. The van der Waals surface area contributed by atoms with E-state index < -0.39 is 12.0 Å². The Kier molecular flexibility index (Phi) is 7.77. The van der Waals surface area contributed by atoms with Crippen molar-refractivity contribution in [3.05, 3.63) is 58.6 Å². The number of rotatable bonds is 9. The lowest BCUT2D eigenvalue weighted by Gasteiger charge is -2.16. The Bertz CT molecular complexity index is 1120. The van der Waals surface area contributed by atoms with E-state index in [2.05, 4.69) is 16.4 Å². The molecule has 1 heterocycles. The van der Waals surface area contributed by atoms with Gasteiger partial charge in [0.2, 0.25) is 5.88 Å². The average molecular weight is 455 g/mol. The van der Waals surface area contributed by atoms with Crippen LogP contribution in [0.15, 0.2) is 47.0 Å². The van der Waals surface area contributed by atoms with Gasteiger partial charge in [0.1, 0.15) is 12.3 Å². The van der Waals surface area contributed by atoms with E-state index in [1.807, 2.05) is 13.0 Å². The van der Waals surface area contributed by atoms with Gasteiger partial charge in [-0.15, -0.1) is 6.42 Å². The van der Waals surface area contributed by atoms with Crippen molar-refractivity contribution in [3.63, 3.8) is 0 Å². The highest BCUT2D eigenvalue weighted by Crippen LogP contribution is 2.36. The van der Waals surface area contributed by atoms with Crippen LogP contribution in [0, 0.1) is 12.3 Å². The lowest BCUT2D eigenvalue weighted by Crippen LogP contribution is -2.24. The molecule has 0 spiro atoms. The Morgan fingerprint density at radius 3 is 2.53 bits per heavy atom. The van der Waals surface area contributed by atoms with E-state index in [1.54, 1.807) is 50.6 Å². The molecule has 0 aliphatic carbocycles. The van der Waals surface area contributed by atoms with Gasteiger partial charge in [0.15, 0.2) is 17.6 Å². The molecule has 1 aromatic heterocycles. The number of carbonyl (C=O) groups is 1. The molecule has 3 rings (SSSR count). The first kappa shape index (κ1) is 23.2. The molecule has 0 aliphatic rings. The largest absolute Gasteiger partial charge is 0.493 e. The van der Waals surface area contributed by atoms with Crippen LogP contribution in [-0.2, 0) is 16.0 Å². The smallest absolute Gasteiger partial charge is 0.260 e. The standard InChI is InChI=1S/C24H23ClN2O5/c1-5-13-31-22(15-7-10-17(25)11-8-15)23(28)26-24-18(6-2)21(27-32-24)16-9-12-19(29-3)20(14-16)30-4/h1,7-12,14,22H,6,13H2,2-4H3,(H,26,28). The number of carbonyl (C=O) groups excluding carboxylic acids is 1. The minimum Gasteiger partial charge on any atom is -0.493 e. The minimum absolute atomic E-state index is 0.0331. The second-order valence-corrected chi connectivity index (χ2v) is 7.13. The van der Waals surface area contributed by atoms with E-state index in [0.717, 1.165) is 11.1 Å². The first-order valence-corrected chi connectivity index (χ1v) is 10.2. The number of terminal acetylenes is 1. The van der Waals surface area contributed by atoms with Crippen molar-refractivity contribution in [2.75, 3.05) is 26.1 Å². The number of nitrogens with zero attached hydrogens (tertiary/aromatic N) is 1. The van der Waals surface area contributed by atoms with Gasteiger partial charge < -0.3 is 18.7 Å². The van der Waals surface area contributed by atoms with Crippen LogP contribution >= 0.6 is 11.6 Å². The maximum atomic E-state index is 13.0. The fourth-order valence-corrected chi connectivity index (χ4v) is 3.34. The van der Waals surface area contributed by atoms with Crippen molar-refractivity contribution < 1.29 is 23.5 Å². The van der Waals surface area contributed by atoms with Gasteiger partial charge in [-0.1, -0.05) is 41.7 Å². The van der Waals surface area contributed by atoms with Crippen LogP contribution in [0.25, 0.3) is 11.3 Å². The lowest BCUT2D eigenvalue weighted by molar-refractivity contribution is -0.127. The first-order chi connectivity index (χ1) is 15.5. The van der Waals surface area contributed by atoms with Crippen molar-refractivity contribution >= 4 is 23.4 Å². The molecule has 0 bridgehead atoms. The number of halogens is 1. The monoisotopic (exact) mass is 454 g/mol. The van der Waals surface area contributed by atoms with Crippen molar-refractivity contribution in [1.29, 1.82) is 0 Å². The third kappa shape index (κ3) is 5.05. The fourth-order valence-electron chi connectivity index (χ4n) is 3.22. The van der Waals surface area contributed by atoms with Gasteiger partial charge in [0, 0.05) is 16.1 Å². The second-order valence-electron chi connectivity index (χ2n) is 6.70. The predicted molar refractivity (Wildman–Crippen MR) is 122 cm³/mol. The summed E-state index contributed by atoms with van der Waals surface area (Å²) in [5.41, 5.74) is 2.70. The molecule has 1 unspecified atom stereocenters. The molecule has 2 aromatic carbocycles. The number of hydrogen-bond acceptors (Lipinski definition) is 6. The van der Waals surface area contributed by atoms with Crippen LogP contribution in [-0.4, -0.2) is 31.9 Å². The van der Waals surface area contributed by atoms with Gasteiger partial charge in [0.05, 0.1) is 14.2 Å². The lowest BCUT2D eigenvalue weighted by atomic mass is 10.0. The number of nitrogens with one attached hydrogen (secondary N) is 1.